The first-order valence-electron chi connectivity index (χ1n) is 7.77. The fourth-order valence-electron chi connectivity index (χ4n) is 2.37. The SMILES string of the molecule is CC(C)Cn1ncc(C(=O)Nc2ccc(CCO)cc2)c1C(F)F. The topological polar surface area (TPSA) is 67.2 Å². The summed E-state index contributed by atoms with van der Waals surface area (Å²) in [5.41, 5.74) is 0.940. The van der Waals surface area contributed by atoms with E-state index in [0.717, 1.165) is 5.56 Å². The number of nitrogens with zero attached hydrogens (tertiary/aromatic N) is 2. The molecule has 5 nitrogen and oxygen atoms in total. The third-order valence-corrected chi connectivity index (χ3v) is 3.48. The van der Waals surface area contributed by atoms with Crippen LogP contribution in [-0.2, 0) is 13.0 Å². The van der Waals surface area contributed by atoms with Crippen LogP contribution in [0.15, 0.2) is 30.5 Å². The van der Waals surface area contributed by atoms with Gasteiger partial charge in [0, 0.05) is 18.8 Å². The summed E-state index contributed by atoms with van der Waals surface area (Å²) in [6, 6.07) is 6.87. The van der Waals surface area contributed by atoms with E-state index < -0.39 is 12.3 Å². The minimum atomic E-state index is -2.78. The van der Waals surface area contributed by atoms with Crippen molar-refractivity contribution < 1.29 is 18.7 Å². The van der Waals surface area contributed by atoms with E-state index in [2.05, 4.69) is 10.4 Å². The van der Waals surface area contributed by atoms with Crippen LogP contribution in [0.3, 0.4) is 0 Å². The van der Waals surface area contributed by atoms with Crippen molar-refractivity contribution in [3.05, 3.63) is 47.3 Å². The predicted molar refractivity (Wildman–Crippen MR) is 87.2 cm³/mol. The van der Waals surface area contributed by atoms with Gasteiger partial charge in [-0.15, -0.1) is 0 Å². The third-order valence-electron chi connectivity index (χ3n) is 3.48. The van der Waals surface area contributed by atoms with Crippen LogP contribution in [0.4, 0.5) is 14.5 Å². The Bertz CT molecular complexity index is 682. The number of nitrogens with one attached hydrogen (secondary N) is 1. The maximum Gasteiger partial charge on any atom is 0.280 e. The van der Waals surface area contributed by atoms with Crippen LogP contribution in [0.1, 0.15) is 41.9 Å². The van der Waals surface area contributed by atoms with Gasteiger partial charge in [0.15, 0.2) is 0 Å². The number of carbonyl (C=O) groups excluding carboxylic acids is 1. The van der Waals surface area contributed by atoms with Crippen molar-refractivity contribution in [2.75, 3.05) is 11.9 Å². The summed E-state index contributed by atoms with van der Waals surface area (Å²) in [5.74, 6) is -0.479. The first kappa shape index (κ1) is 18.1. The predicted octanol–water partition coefficient (Wildman–Crippen LogP) is 3.26. The summed E-state index contributed by atoms with van der Waals surface area (Å²) in [6.07, 6.45) is -1.08. The quantitative estimate of drug-likeness (QED) is 0.815. The van der Waals surface area contributed by atoms with E-state index >= 15 is 0 Å². The minimum Gasteiger partial charge on any atom is -0.396 e. The summed E-state index contributed by atoms with van der Waals surface area (Å²) in [7, 11) is 0. The van der Waals surface area contributed by atoms with Gasteiger partial charge in [-0.3, -0.25) is 9.48 Å². The van der Waals surface area contributed by atoms with E-state index in [0.29, 0.717) is 18.7 Å². The zero-order chi connectivity index (χ0) is 17.7. The van der Waals surface area contributed by atoms with Gasteiger partial charge >= 0.3 is 0 Å². The van der Waals surface area contributed by atoms with E-state index in [-0.39, 0.29) is 23.8 Å². The lowest BCUT2D eigenvalue weighted by molar-refractivity contribution is 0.100. The van der Waals surface area contributed by atoms with Gasteiger partial charge in [-0.05, 0) is 30.0 Å². The van der Waals surface area contributed by atoms with Crippen molar-refractivity contribution in [2.45, 2.75) is 33.2 Å². The molecule has 2 aromatic rings. The number of alkyl halides is 2. The number of benzene rings is 1. The zero-order valence-corrected chi connectivity index (χ0v) is 13.7. The van der Waals surface area contributed by atoms with Gasteiger partial charge < -0.3 is 10.4 Å². The van der Waals surface area contributed by atoms with Crippen LogP contribution in [0.2, 0.25) is 0 Å². The summed E-state index contributed by atoms with van der Waals surface area (Å²) in [5, 5.41) is 15.4. The number of halogens is 2. The molecule has 24 heavy (non-hydrogen) atoms. The number of carbonyl (C=O) groups is 1. The molecule has 0 bridgehead atoms. The minimum absolute atomic E-state index is 0.0402. The molecular formula is C17H21F2N3O2. The third kappa shape index (κ3) is 4.38. The molecule has 0 saturated heterocycles. The molecule has 2 N–H and O–H groups in total. The van der Waals surface area contributed by atoms with Crippen LogP contribution in [0.25, 0.3) is 0 Å². The molecule has 0 radical (unpaired) electrons. The molecule has 0 spiro atoms. The molecule has 0 aliphatic rings. The molecule has 0 unspecified atom stereocenters. The first-order chi connectivity index (χ1) is 11.4. The maximum atomic E-state index is 13.3. The molecule has 0 aliphatic carbocycles. The Kier molecular flexibility index (Phi) is 6.03. The Morgan fingerprint density at radius 2 is 1.96 bits per heavy atom. The summed E-state index contributed by atoms with van der Waals surface area (Å²) < 4.78 is 27.9. The highest BCUT2D eigenvalue weighted by Gasteiger charge is 2.24. The van der Waals surface area contributed by atoms with Gasteiger partial charge in [0.1, 0.15) is 5.69 Å². The van der Waals surface area contributed by atoms with Gasteiger partial charge in [0.05, 0.1) is 11.8 Å². The van der Waals surface area contributed by atoms with Crippen LogP contribution in [0.5, 0.6) is 0 Å². The summed E-state index contributed by atoms with van der Waals surface area (Å²) in [6.45, 7) is 4.15. The number of anilines is 1. The fraction of sp³-hybridized carbons (Fsp3) is 0.412. The molecule has 1 amide bonds. The van der Waals surface area contributed by atoms with Gasteiger partial charge in [0.25, 0.3) is 12.3 Å². The summed E-state index contributed by atoms with van der Waals surface area (Å²) >= 11 is 0. The van der Waals surface area contributed by atoms with Crippen molar-refractivity contribution in [1.82, 2.24) is 9.78 Å². The molecule has 7 heteroatoms. The number of hydrogen-bond acceptors (Lipinski definition) is 3. The lowest BCUT2D eigenvalue weighted by Crippen LogP contribution is -2.16. The molecule has 1 aromatic heterocycles. The average molecular weight is 337 g/mol. The summed E-state index contributed by atoms with van der Waals surface area (Å²) in [4.78, 5) is 12.3. The number of aliphatic hydroxyl groups is 1. The molecule has 130 valence electrons. The first-order valence-corrected chi connectivity index (χ1v) is 7.77. The number of hydrogen-bond donors (Lipinski definition) is 2. The van der Waals surface area contributed by atoms with E-state index in [1.807, 2.05) is 13.8 Å². The van der Waals surface area contributed by atoms with E-state index in [1.54, 1.807) is 24.3 Å². The van der Waals surface area contributed by atoms with Gasteiger partial charge in [0.2, 0.25) is 0 Å². The van der Waals surface area contributed by atoms with Crippen LogP contribution in [0, 0.1) is 5.92 Å². The monoisotopic (exact) mass is 337 g/mol. The lowest BCUT2D eigenvalue weighted by atomic mass is 10.1. The van der Waals surface area contributed by atoms with Crippen molar-refractivity contribution >= 4 is 11.6 Å². The molecular weight excluding hydrogens is 316 g/mol. The van der Waals surface area contributed by atoms with Crippen LogP contribution in [-0.4, -0.2) is 27.4 Å². The smallest absolute Gasteiger partial charge is 0.280 e. The number of aliphatic hydroxyl groups excluding tert-OH is 1. The van der Waals surface area contributed by atoms with Gasteiger partial charge in [-0.25, -0.2) is 8.78 Å². The highest BCUT2D eigenvalue weighted by molar-refractivity contribution is 6.05. The Hall–Kier alpha value is -2.28. The van der Waals surface area contributed by atoms with Crippen molar-refractivity contribution in [2.24, 2.45) is 5.92 Å². The highest BCUT2D eigenvalue weighted by atomic mass is 19.3. The number of aromatic nitrogens is 2. The van der Waals surface area contributed by atoms with E-state index in [1.165, 1.54) is 10.9 Å². The fourth-order valence-corrected chi connectivity index (χ4v) is 2.37. The molecule has 2 rings (SSSR count). The number of amides is 1. The molecule has 0 atom stereocenters. The van der Waals surface area contributed by atoms with Crippen LogP contribution >= 0.6 is 0 Å². The zero-order valence-electron chi connectivity index (χ0n) is 13.7. The normalized spacial score (nSPS) is 11.3. The Morgan fingerprint density at radius 1 is 1.29 bits per heavy atom. The van der Waals surface area contributed by atoms with E-state index in [9.17, 15) is 13.6 Å². The second kappa shape index (κ2) is 8.01. The lowest BCUT2D eigenvalue weighted by Gasteiger charge is -2.11. The second-order valence-electron chi connectivity index (χ2n) is 5.94. The Balaban J connectivity index is 2.18. The molecule has 1 heterocycles. The molecule has 0 aliphatic heterocycles. The van der Waals surface area contributed by atoms with Crippen molar-refractivity contribution in [1.29, 1.82) is 0 Å². The van der Waals surface area contributed by atoms with Crippen molar-refractivity contribution in [3.8, 4) is 0 Å². The number of rotatable bonds is 7. The molecule has 0 fully saturated rings. The van der Waals surface area contributed by atoms with Crippen molar-refractivity contribution in [3.63, 3.8) is 0 Å². The maximum absolute atomic E-state index is 13.3. The largest absolute Gasteiger partial charge is 0.396 e. The standard InChI is InChI=1S/C17H21F2N3O2/c1-11(2)10-22-15(16(18)19)14(9-20-22)17(24)21-13-5-3-12(4-6-13)7-8-23/h3-6,9,11,16,23H,7-8,10H2,1-2H3,(H,21,24). The van der Waals surface area contributed by atoms with Gasteiger partial charge in [-0.2, -0.15) is 5.10 Å². The van der Waals surface area contributed by atoms with E-state index in [4.69, 9.17) is 5.11 Å². The average Bonchev–Trinajstić information content (AvgIpc) is 2.92. The Labute approximate surface area is 139 Å². The Morgan fingerprint density at radius 3 is 2.50 bits per heavy atom. The van der Waals surface area contributed by atoms with Crippen LogP contribution < -0.4 is 5.32 Å². The highest BCUT2D eigenvalue weighted by Crippen LogP contribution is 2.24. The van der Waals surface area contributed by atoms with Gasteiger partial charge in [-0.1, -0.05) is 26.0 Å². The molecule has 0 saturated carbocycles. The molecule has 1 aromatic carbocycles. The second-order valence-corrected chi connectivity index (χ2v) is 5.94.